The molecule has 0 amide bonds. The van der Waals surface area contributed by atoms with Gasteiger partial charge in [0.1, 0.15) is 0 Å². The van der Waals surface area contributed by atoms with Gasteiger partial charge in [0.2, 0.25) is 0 Å². The van der Waals surface area contributed by atoms with Crippen molar-refractivity contribution in [1.82, 2.24) is 10.6 Å². The summed E-state index contributed by atoms with van der Waals surface area (Å²) in [5.41, 5.74) is 1.59. The van der Waals surface area contributed by atoms with Crippen LogP contribution in [0.25, 0.3) is 0 Å². The van der Waals surface area contributed by atoms with Gasteiger partial charge in [-0.25, -0.2) is 9.59 Å². The average Bonchev–Trinajstić information content (AvgIpc) is 2.71. The first-order valence-corrected chi connectivity index (χ1v) is 11.3. The molecular weight excluding hydrogens is 356 g/mol. The highest BCUT2D eigenvalue weighted by Crippen LogP contribution is 2.43. The predicted molar refractivity (Wildman–Crippen MR) is 111 cm³/mol. The minimum absolute atomic E-state index is 0.795. The van der Waals surface area contributed by atoms with Gasteiger partial charge < -0.3 is 20.8 Å². The largest absolute Gasteiger partial charge is 0.473 e. The summed E-state index contributed by atoms with van der Waals surface area (Å²) in [4.78, 5) is 18.2. The van der Waals surface area contributed by atoms with Gasteiger partial charge in [0.05, 0.1) is 0 Å². The molecule has 4 rings (SSSR count). The van der Waals surface area contributed by atoms with E-state index in [1.54, 1.807) is 0 Å². The number of hydrogen-bond acceptors (Lipinski definition) is 4. The Hall–Kier alpha value is -1.14. The number of nitrogens with one attached hydrogen (secondary N) is 2. The first-order chi connectivity index (χ1) is 13.5. The summed E-state index contributed by atoms with van der Waals surface area (Å²) in [6, 6.07) is 0. The number of aliphatic carboxylic acids is 2. The second kappa shape index (κ2) is 11.8. The Kier molecular flexibility index (Phi) is 9.72. The number of hydrogen-bond donors (Lipinski definition) is 4. The van der Waals surface area contributed by atoms with E-state index in [1.807, 2.05) is 0 Å². The number of piperidine rings is 2. The lowest BCUT2D eigenvalue weighted by atomic mass is 9.68. The third-order valence-electron chi connectivity index (χ3n) is 7.34. The molecule has 0 bridgehead atoms. The van der Waals surface area contributed by atoms with Crippen LogP contribution in [0.4, 0.5) is 0 Å². The van der Waals surface area contributed by atoms with E-state index in [1.165, 1.54) is 116 Å². The predicted octanol–water partition coefficient (Wildman–Crippen LogP) is 3.80. The first kappa shape index (κ1) is 23.1. The maximum atomic E-state index is 9.10. The van der Waals surface area contributed by atoms with Gasteiger partial charge in [0.15, 0.2) is 0 Å². The van der Waals surface area contributed by atoms with Crippen molar-refractivity contribution in [3.05, 3.63) is 0 Å². The lowest BCUT2D eigenvalue weighted by Crippen LogP contribution is -2.37. The highest BCUT2D eigenvalue weighted by atomic mass is 16.4. The van der Waals surface area contributed by atoms with Crippen LogP contribution in [-0.2, 0) is 9.59 Å². The molecule has 162 valence electrons. The lowest BCUT2D eigenvalue weighted by Gasteiger charge is -2.40. The molecule has 0 atom stereocenters. The van der Waals surface area contributed by atoms with E-state index in [0.29, 0.717) is 0 Å². The average molecular weight is 397 g/mol. The van der Waals surface area contributed by atoms with Crippen LogP contribution in [-0.4, -0.2) is 48.3 Å². The van der Waals surface area contributed by atoms with Crippen LogP contribution in [0.1, 0.15) is 89.9 Å². The summed E-state index contributed by atoms with van der Waals surface area (Å²) in [6.45, 7) is 5.11. The van der Waals surface area contributed by atoms with Crippen molar-refractivity contribution in [3.8, 4) is 0 Å². The summed E-state index contributed by atoms with van der Waals surface area (Å²) in [5.74, 6) is -3.65. The summed E-state index contributed by atoms with van der Waals surface area (Å²) >= 11 is 0. The van der Waals surface area contributed by atoms with Crippen molar-refractivity contribution in [2.24, 2.45) is 10.8 Å². The molecule has 0 aromatic heterocycles. The Morgan fingerprint density at radius 1 is 0.500 bits per heavy atom. The maximum Gasteiger partial charge on any atom is 0.414 e. The van der Waals surface area contributed by atoms with Gasteiger partial charge >= 0.3 is 11.9 Å². The Labute approximate surface area is 169 Å². The maximum absolute atomic E-state index is 9.10. The summed E-state index contributed by atoms with van der Waals surface area (Å²) < 4.78 is 0. The van der Waals surface area contributed by atoms with E-state index in [2.05, 4.69) is 10.6 Å². The van der Waals surface area contributed by atoms with Gasteiger partial charge in [0, 0.05) is 0 Å². The second-order valence-electron chi connectivity index (χ2n) is 9.23. The standard InChI is InChI=1S/2C10H19N.C2H2O4/c2*1-2-4-10(5-3-1)6-8-11-9-7-10;3-1(4)2(5)6/h2*11H,1-9H2;(H,3,4)(H,5,6). The van der Waals surface area contributed by atoms with Crippen molar-refractivity contribution in [2.75, 3.05) is 26.2 Å². The Balaban J connectivity index is 0.000000158. The Morgan fingerprint density at radius 3 is 1.04 bits per heavy atom. The normalized spacial score (nSPS) is 25.6. The van der Waals surface area contributed by atoms with Gasteiger partial charge in [-0.05, 0) is 88.4 Å². The molecule has 0 unspecified atom stereocenters. The number of carboxylic acids is 2. The van der Waals surface area contributed by atoms with E-state index in [-0.39, 0.29) is 0 Å². The van der Waals surface area contributed by atoms with Crippen molar-refractivity contribution in [2.45, 2.75) is 89.9 Å². The SMILES string of the molecule is C1CCC2(CC1)CCNCC2.C1CCC2(CC1)CCNCC2.O=C(O)C(=O)O. The van der Waals surface area contributed by atoms with Gasteiger partial charge in [-0.1, -0.05) is 38.5 Å². The fourth-order valence-corrected chi connectivity index (χ4v) is 5.52. The summed E-state index contributed by atoms with van der Waals surface area (Å²) in [6.07, 6.45) is 20.9. The van der Waals surface area contributed by atoms with Gasteiger partial charge in [-0.15, -0.1) is 0 Å². The number of carboxylic acid groups (broad SMARTS) is 2. The lowest BCUT2D eigenvalue weighted by molar-refractivity contribution is -0.159. The third kappa shape index (κ3) is 7.70. The molecule has 0 aromatic carbocycles. The van der Waals surface area contributed by atoms with Crippen molar-refractivity contribution >= 4 is 11.9 Å². The molecule has 28 heavy (non-hydrogen) atoms. The molecule has 2 aliphatic carbocycles. The monoisotopic (exact) mass is 396 g/mol. The minimum atomic E-state index is -1.82. The molecule has 0 radical (unpaired) electrons. The number of rotatable bonds is 0. The van der Waals surface area contributed by atoms with Gasteiger partial charge in [-0.3, -0.25) is 0 Å². The van der Waals surface area contributed by atoms with Crippen LogP contribution in [0.2, 0.25) is 0 Å². The Morgan fingerprint density at radius 2 is 0.786 bits per heavy atom. The molecule has 4 fully saturated rings. The number of carbonyl (C=O) groups is 2. The van der Waals surface area contributed by atoms with Gasteiger partial charge in [-0.2, -0.15) is 0 Å². The Bertz CT molecular complexity index is 388. The van der Waals surface area contributed by atoms with Crippen LogP contribution >= 0.6 is 0 Å². The van der Waals surface area contributed by atoms with E-state index in [0.717, 1.165) is 10.8 Å². The molecule has 2 spiro atoms. The van der Waals surface area contributed by atoms with Crippen molar-refractivity contribution in [1.29, 1.82) is 0 Å². The fourth-order valence-electron chi connectivity index (χ4n) is 5.52. The van der Waals surface area contributed by atoms with Crippen LogP contribution < -0.4 is 10.6 Å². The second-order valence-corrected chi connectivity index (χ2v) is 9.23. The summed E-state index contributed by atoms with van der Waals surface area (Å²) in [7, 11) is 0. The van der Waals surface area contributed by atoms with Gasteiger partial charge in [0.25, 0.3) is 0 Å². The molecule has 2 saturated heterocycles. The molecule has 6 nitrogen and oxygen atoms in total. The highest BCUT2D eigenvalue weighted by molar-refractivity contribution is 6.27. The highest BCUT2D eigenvalue weighted by Gasteiger charge is 2.33. The third-order valence-corrected chi connectivity index (χ3v) is 7.34. The van der Waals surface area contributed by atoms with E-state index in [9.17, 15) is 0 Å². The van der Waals surface area contributed by atoms with Crippen LogP contribution in [0.3, 0.4) is 0 Å². The minimum Gasteiger partial charge on any atom is -0.473 e. The van der Waals surface area contributed by atoms with Crippen LogP contribution in [0, 0.1) is 10.8 Å². The van der Waals surface area contributed by atoms with E-state index >= 15 is 0 Å². The van der Waals surface area contributed by atoms with Crippen LogP contribution in [0.15, 0.2) is 0 Å². The molecule has 6 heteroatoms. The zero-order valence-corrected chi connectivity index (χ0v) is 17.4. The molecule has 2 saturated carbocycles. The fraction of sp³-hybridized carbons (Fsp3) is 0.909. The molecule has 2 heterocycles. The molecular formula is C22H40N2O4. The smallest absolute Gasteiger partial charge is 0.414 e. The molecule has 4 N–H and O–H groups in total. The molecule has 4 aliphatic rings. The zero-order valence-electron chi connectivity index (χ0n) is 17.4. The van der Waals surface area contributed by atoms with Crippen LogP contribution in [0.5, 0.6) is 0 Å². The van der Waals surface area contributed by atoms with E-state index in [4.69, 9.17) is 19.8 Å². The van der Waals surface area contributed by atoms with E-state index < -0.39 is 11.9 Å². The first-order valence-electron chi connectivity index (χ1n) is 11.3. The zero-order chi connectivity index (χ0) is 20.3. The van der Waals surface area contributed by atoms with Crippen molar-refractivity contribution in [3.63, 3.8) is 0 Å². The molecule has 2 aliphatic heterocycles. The quantitative estimate of drug-likeness (QED) is 0.465. The summed E-state index contributed by atoms with van der Waals surface area (Å²) in [5, 5.41) is 21.7. The molecule has 0 aromatic rings. The topological polar surface area (TPSA) is 98.7 Å². The van der Waals surface area contributed by atoms with Crippen molar-refractivity contribution < 1.29 is 19.8 Å².